The molecule has 0 aliphatic carbocycles. The van der Waals surface area contributed by atoms with Crippen molar-refractivity contribution in [3.05, 3.63) is 6.07 Å². The fraction of sp³-hybridized carbons (Fsp3) is 0.692. The molecule has 4 N–H and O–H groups in total. The minimum atomic E-state index is -0.245. The van der Waals surface area contributed by atoms with Crippen LogP contribution in [0, 0.1) is 0 Å². The lowest BCUT2D eigenvalue weighted by Gasteiger charge is -2.25. The van der Waals surface area contributed by atoms with Gasteiger partial charge in [0.2, 0.25) is 5.95 Å². The summed E-state index contributed by atoms with van der Waals surface area (Å²) >= 11 is 0. The van der Waals surface area contributed by atoms with Gasteiger partial charge in [0.15, 0.2) is 0 Å². The molecular formula is C13H25N5O. The van der Waals surface area contributed by atoms with Crippen molar-refractivity contribution >= 4 is 17.6 Å². The minimum Gasteiger partial charge on any atom is -0.374 e. The molecule has 0 radical (unpaired) electrons. The fourth-order valence-electron chi connectivity index (χ4n) is 1.65. The first-order valence-corrected chi connectivity index (χ1v) is 6.73. The number of nitrogens with one attached hydrogen (secondary N) is 2. The topological polar surface area (TPSA) is 85.1 Å². The molecule has 0 bridgehead atoms. The first kappa shape index (κ1) is 15.5. The zero-order valence-electron chi connectivity index (χ0n) is 12.3. The van der Waals surface area contributed by atoms with E-state index in [-0.39, 0.29) is 11.5 Å². The molecule has 19 heavy (non-hydrogen) atoms. The number of ether oxygens (including phenoxy) is 1. The Bertz CT molecular complexity index is 395. The van der Waals surface area contributed by atoms with Crippen molar-refractivity contribution in [3.8, 4) is 0 Å². The van der Waals surface area contributed by atoms with Crippen LogP contribution >= 0.6 is 0 Å². The Balaban J connectivity index is 2.65. The Labute approximate surface area is 115 Å². The van der Waals surface area contributed by atoms with E-state index in [0.717, 1.165) is 18.8 Å². The van der Waals surface area contributed by atoms with Gasteiger partial charge in [-0.25, -0.2) is 0 Å². The van der Waals surface area contributed by atoms with E-state index in [2.05, 4.69) is 27.5 Å². The average molecular weight is 267 g/mol. The molecule has 0 saturated heterocycles. The molecule has 0 amide bonds. The lowest BCUT2D eigenvalue weighted by atomic mass is 10.1. The molecule has 0 unspecified atom stereocenters. The van der Waals surface area contributed by atoms with Gasteiger partial charge in [-0.05, 0) is 27.2 Å². The van der Waals surface area contributed by atoms with Crippen LogP contribution in [0.2, 0.25) is 0 Å². The SMILES string of the molecule is CCCNc1cc(NCC(C)(C)OCC)nc(N)n1. The van der Waals surface area contributed by atoms with Crippen molar-refractivity contribution in [3.63, 3.8) is 0 Å². The molecule has 0 saturated carbocycles. The van der Waals surface area contributed by atoms with Gasteiger partial charge in [0.1, 0.15) is 11.6 Å². The van der Waals surface area contributed by atoms with Crippen LogP contribution in [0.1, 0.15) is 34.1 Å². The van der Waals surface area contributed by atoms with Gasteiger partial charge in [-0.1, -0.05) is 6.92 Å². The van der Waals surface area contributed by atoms with Crippen LogP contribution in [-0.4, -0.2) is 35.3 Å². The van der Waals surface area contributed by atoms with Crippen molar-refractivity contribution in [2.45, 2.75) is 39.7 Å². The Morgan fingerprint density at radius 1 is 1.21 bits per heavy atom. The summed E-state index contributed by atoms with van der Waals surface area (Å²) in [5.74, 6) is 1.71. The first-order valence-electron chi connectivity index (χ1n) is 6.73. The molecule has 0 spiro atoms. The summed E-state index contributed by atoms with van der Waals surface area (Å²) < 4.78 is 5.62. The third kappa shape index (κ3) is 5.74. The van der Waals surface area contributed by atoms with E-state index in [0.29, 0.717) is 19.0 Å². The number of rotatable bonds is 8. The highest BCUT2D eigenvalue weighted by atomic mass is 16.5. The standard InChI is InChI=1S/C13H25N5O/c1-5-7-15-10-8-11(18-12(14)17-10)16-9-13(3,4)19-6-2/h8H,5-7,9H2,1-4H3,(H4,14,15,16,17,18). The molecule has 1 heterocycles. The number of nitrogen functional groups attached to an aromatic ring is 1. The fourth-order valence-corrected chi connectivity index (χ4v) is 1.65. The number of aromatic nitrogens is 2. The van der Waals surface area contributed by atoms with E-state index in [4.69, 9.17) is 10.5 Å². The smallest absolute Gasteiger partial charge is 0.223 e. The molecule has 1 aromatic heterocycles. The van der Waals surface area contributed by atoms with Gasteiger partial charge in [-0.2, -0.15) is 9.97 Å². The van der Waals surface area contributed by atoms with Gasteiger partial charge in [0, 0.05) is 25.8 Å². The van der Waals surface area contributed by atoms with Crippen LogP contribution in [0.4, 0.5) is 17.6 Å². The maximum absolute atomic E-state index is 5.70. The van der Waals surface area contributed by atoms with Crippen molar-refractivity contribution in [2.24, 2.45) is 0 Å². The highest BCUT2D eigenvalue weighted by molar-refractivity contribution is 5.51. The van der Waals surface area contributed by atoms with Crippen molar-refractivity contribution in [2.75, 3.05) is 36.1 Å². The normalized spacial score (nSPS) is 11.4. The number of nitrogens with zero attached hydrogens (tertiary/aromatic N) is 2. The van der Waals surface area contributed by atoms with E-state index in [1.54, 1.807) is 0 Å². The van der Waals surface area contributed by atoms with E-state index >= 15 is 0 Å². The van der Waals surface area contributed by atoms with Gasteiger partial charge < -0.3 is 21.1 Å². The molecule has 108 valence electrons. The Hall–Kier alpha value is -1.56. The lowest BCUT2D eigenvalue weighted by molar-refractivity contribution is 0.000642. The monoisotopic (exact) mass is 267 g/mol. The largest absolute Gasteiger partial charge is 0.374 e. The molecule has 0 aliphatic rings. The summed E-state index contributed by atoms with van der Waals surface area (Å²) in [6.07, 6.45) is 1.03. The van der Waals surface area contributed by atoms with Crippen molar-refractivity contribution in [1.29, 1.82) is 0 Å². The number of hydrogen-bond donors (Lipinski definition) is 3. The first-order chi connectivity index (χ1) is 8.96. The quantitative estimate of drug-likeness (QED) is 0.669. The molecule has 6 nitrogen and oxygen atoms in total. The zero-order valence-corrected chi connectivity index (χ0v) is 12.3. The maximum atomic E-state index is 5.70. The number of hydrogen-bond acceptors (Lipinski definition) is 6. The summed E-state index contributed by atoms with van der Waals surface area (Å²) in [4.78, 5) is 8.30. The summed E-state index contributed by atoms with van der Waals surface area (Å²) in [7, 11) is 0. The van der Waals surface area contributed by atoms with Gasteiger partial charge in [0.05, 0.1) is 5.60 Å². The second-order valence-electron chi connectivity index (χ2n) is 4.97. The lowest BCUT2D eigenvalue weighted by Crippen LogP contribution is -2.33. The van der Waals surface area contributed by atoms with E-state index < -0.39 is 0 Å². The number of nitrogens with two attached hydrogens (primary N) is 1. The van der Waals surface area contributed by atoms with Crippen LogP contribution < -0.4 is 16.4 Å². The highest BCUT2D eigenvalue weighted by Crippen LogP contribution is 2.15. The van der Waals surface area contributed by atoms with E-state index in [1.807, 2.05) is 26.8 Å². The molecule has 0 fully saturated rings. The molecule has 1 aromatic rings. The third-order valence-corrected chi connectivity index (χ3v) is 2.53. The zero-order chi connectivity index (χ0) is 14.3. The summed E-state index contributed by atoms with van der Waals surface area (Å²) in [5.41, 5.74) is 5.45. The molecule has 1 rings (SSSR count). The molecule has 6 heteroatoms. The van der Waals surface area contributed by atoms with Gasteiger partial charge in [0.25, 0.3) is 0 Å². The van der Waals surface area contributed by atoms with Crippen LogP contribution in [0.3, 0.4) is 0 Å². The minimum absolute atomic E-state index is 0.245. The van der Waals surface area contributed by atoms with Crippen LogP contribution in [-0.2, 0) is 4.74 Å². The second-order valence-corrected chi connectivity index (χ2v) is 4.97. The van der Waals surface area contributed by atoms with Gasteiger partial charge in [-0.3, -0.25) is 0 Å². The predicted molar refractivity (Wildman–Crippen MR) is 79.4 cm³/mol. The second kappa shape index (κ2) is 7.13. The van der Waals surface area contributed by atoms with Crippen molar-refractivity contribution < 1.29 is 4.74 Å². The molecule has 0 aliphatic heterocycles. The summed E-state index contributed by atoms with van der Waals surface area (Å²) in [5, 5.41) is 6.43. The van der Waals surface area contributed by atoms with Gasteiger partial charge in [-0.15, -0.1) is 0 Å². The van der Waals surface area contributed by atoms with Crippen LogP contribution in [0.25, 0.3) is 0 Å². The maximum Gasteiger partial charge on any atom is 0.223 e. The molecule has 0 aromatic carbocycles. The third-order valence-electron chi connectivity index (χ3n) is 2.53. The van der Waals surface area contributed by atoms with Gasteiger partial charge >= 0.3 is 0 Å². The average Bonchev–Trinajstić information content (AvgIpc) is 2.33. The molecule has 0 atom stereocenters. The summed E-state index contributed by atoms with van der Waals surface area (Å²) in [6, 6.07) is 1.86. The van der Waals surface area contributed by atoms with Crippen molar-refractivity contribution in [1.82, 2.24) is 9.97 Å². The summed E-state index contributed by atoms with van der Waals surface area (Å²) in [6.45, 7) is 10.3. The van der Waals surface area contributed by atoms with E-state index in [1.165, 1.54) is 0 Å². The Morgan fingerprint density at radius 2 is 1.84 bits per heavy atom. The highest BCUT2D eigenvalue weighted by Gasteiger charge is 2.17. The molecular weight excluding hydrogens is 242 g/mol. The predicted octanol–water partition coefficient (Wildman–Crippen LogP) is 2.11. The Kier molecular flexibility index (Phi) is 5.82. The Morgan fingerprint density at radius 3 is 2.42 bits per heavy atom. The number of anilines is 3. The van der Waals surface area contributed by atoms with Crippen LogP contribution in [0.15, 0.2) is 6.07 Å². The van der Waals surface area contributed by atoms with Crippen LogP contribution in [0.5, 0.6) is 0 Å². The van der Waals surface area contributed by atoms with E-state index in [9.17, 15) is 0 Å².